The number of nitrogens with two attached hydrogens (primary N) is 1. The summed E-state index contributed by atoms with van der Waals surface area (Å²) in [4.78, 5) is 10.3. The van der Waals surface area contributed by atoms with Crippen LogP contribution in [0.25, 0.3) is 0 Å². The van der Waals surface area contributed by atoms with Gasteiger partial charge in [0.2, 0.25) is 0 Å². The largest absolute Gasteiger partial charge is 0.481 e. The molecule has 0 spiro atoms. The molecule has 0 bridgehead atoms. The number of carboxylic acids is 1. The first-order chi connectivity index (χ1) is 7.41. The predicted molar refractivity (Wildman–Crippen MR) is 57.9 cm³/mol. The second kappa shape index (κ2) is 5.36. The van der Waals surface area contributed by atoms with Gasteiger partial charge >= 0.3 is 5.97 Å². The van der Waals surface area contributed by atoms with Crippen LogP contribution in [0, 0.1) is 11.6 Å². The summed E-state index contributed by atoms with van der Waals surface area (Å²) in [6.45, 7) is 0. The van der Waals surface area contributed by atoms with E-state index in [4.69, 9.17) is 10.8 Å². The van der Waals surface area contributed by atoms with Crippen molar-refractivity contribution in [3.8, 4) is 0 Å². The van der Waals surface area contributed by atoms with Crippen LogP contribution >= 0.6 is 15.9 Å². The van der Waals surface area contributed by atoms with Crippen LogP contribution in [0.2, 0.25) is 0 Å². The van der Waals surface area contributed by atoms with E-state index in [0.717, 1.165) is 12.1 Å². The highest BCUT2D eigenvalue weighted by molar-refractivity contribution is 9.10. The molecule has 6 heteroatoms. The Bertz CT molecular complexity index is 412. The maximum atomic E-state index is 13.1. The van der Waals surface area contributed by atoms with Crippen molar-refractivity contribution in [2.24, 2.45) is 5.73 Å². The number of rotatable bonds is 4. The summed E-state index contributed by atoms with van der Waals surface area (Å²) in [5, 5.41) is 8.47. The molecule has 0 radical (unpaired) electrons. The quantitative estimate of drug-likeness (QED) is 0.839. The molecular formula is C10H10BrF2NO2. The zero-order valence-corrected chi connectivity index (χ0v) is 9.80. The number of halogens is 3. The van der Waals surface area contributed by atoms with Crippen LogP contribution in [-0.2, 0) is 4.79 Å². The van der Waals surface area contributed by atoms with Gasteiger partial charge in [0, 0.05) is 18.5 Å². The lowest BCUT2D eigenvalue weighted by Crippen LogP contribution is -2.13. The minimum atomic E-state index is -0.997. The fourth-order valence-corrected chi connectivity index (χ4v) is 1.80. The molecule has 0 aromatic heterocycles. The Morgan fingerprint density at radius 3 is 2.69 bits per heavy atom. The average Bonchev–Trinajstić information content (AvgIpc) is 2.19. The lowest BCUT2D eigenvalue weighted by molar-refractivity contribution is -0.137. The smallest absolute Gasteiger partial charge is 0.303 e. The van der Waals surface area contributed by atoms with Crippen LogP contribution in [-0.4, -0.2) is 11.1 Å². The van der Waals surface area contributed by atoms with E-state index in [1.165, 1.54) is 0 Å². The van der Waals surface area contributed by atoms with E-state index in [0.29, 0.717) is 0 Å². The molecular weight excluding hydrogens is 284 g/mol. The van der Waals surface area contributed by atoms with Crippen molar-refractivity contribution in [3.63, 3.8) is 0 Å². The van der Waals surface area contributed by atoms with E-state index < -0.39 is 23.6 Å². The SMILES string of the molecule is NC(CCC(=O)O)c1cc(F)cc(F)c1Br. The Hall–Kier alpha value is -1.01. The summed E-state index contributed by atoms with van der Waals surface area (Å²) in [5.74, 6) is -2.48. The summed E-state index contributed by atoms with van der Waals surface area (Å²) >= 11 is 2.95. The zero-order chi connectivity index (χ0) is 12.3. The third-order valence-electron chi connectivity index (χ3n) is 2.09. The molecule has 1 aromatic rings. The van der Waals surface area contributed by atoms with Gasteiger partial charge in [0.1, 0.15) is 11.6 Å². The standard InChI is InChI=1S/C10H10BrF2NO2/c11-10-6(3-5(12)4-7(10)13)8(14)1-2-9(15)16/h3-4,8H,1-2,14H2,(H,15,16). The highest BCUT2D eigenvalue weighted by Crippen LogP contribution is 2.28. The Morgan fingerprint density at radius 2 is 2.12 bits per heavy atom. The Labute approximate surface area is 99.4 Å². The van der Waals surface area contributed by atoms with Gasteiger partial charge in [-0.3, -0.25) is 4.79 Å². The molecule has 3 N–H and O–H groups in total. The second-order valence-electron chi connectivity index (χ2n) is 3.33. The van der Waals surface area contributed by atoms with Crippen LogP contribution < -0.4 is 5.73 Å². The van der Waals surface area contributed by atoms with E-state index in [9.17, 15) is 13.6 Å². The molecule has 0 fully saturated rings. The van der Waals surface area contributed by atoms with Crippen molar-refractivity contribution >= 4 is 21.9 Å². The van der Waals surface area contributed by atoms with Gasteiger partial charge in [-0.2, -0.15) is 0 Å². The Kier molecular flexibility index (Phi) is 4.37. The van der Waals surface area contributed by atoms with Crippen LogP contribution in [0.1, 0.15) is 24.4 Å². The normalized spacial score (nSPS) is 12.5. The van der Waals surface area contributed by atoms with Crippen LogP contribution in [0.5, 0.6) is 0 Å². The van der Waals surface area contributed by atoms with E-state index in [-0.39, 0.29) is 22.9 Å². The monoisotopic (exact) mass is 293 g/mol. The van der Waals surface area contributed by atoms with Gasteiger partial charge in [0.25, 0.3) is 0 Å². The summed E-state index contributed by atoms with van der Waals surface area (Å²) in [7, 11) is 0. The fraction of sp³-hybridized carbons (Fsp3) is 0.300. The highest BCUT2D eigenvalue weighted by atomic mass is 79.9. The van der Waals surface area contributed by atoms with Gasteiger partial charge in [0.15, 0.2) is 0 Å². The second-order valence-corrected chi connectivity index (χ2v) is 4.12. The molecule has 0 heterocycles. The van der Waals surface area contributed by atoms with Crippen LogP contribution in [0.4, 0.5) is 8.78 Å². The Morgan fingerprint density at radius 1 is 1.50 bits per heavy atom. The van der Waals surface area contributed by atoms with Gasteiger partial charge in [-0.1, -0.05) is 0 Å². The lowest BCUT2D eigenvalue weighted by Gasteiger charge is -2.13. The van der Waals surface area contributed by atoms with Crippen molar-refractivity contribution < 1.29 is 18.7 Å². The van der Waals surface area contributed by atoms with Crippen molar-refractivity contribution in [2.45, 2.75) is 18.9 Å². The maximum Gasteiger partial charge on any atom is 0.303 e. The third kappa shape index (κ3) is 3.24. The molecule has 1 atom stereocenters. The summed E-state index contributed by atoms with van der Waals surface area (Å²) < 4.78 is 26.2. The fourth-order valence-electron chi connectivity index (χ4n) is 1.28. The molecule has 1 aromatic carbocycles. The molecule has 88 valence electrons. The van der Waals surface area contributed by atoms with Gasteiger partial charge in [-0.05, 0) is 34.0 Å². The Balaban J connectivity index is 2.90. The van der Waals surface area contributed by atoms with Gasteiger partial charge < -0.3 is 10.8 Å². The van der Waals surface area contributed by atoms with Crippen molar-refractivity contribution in [3.05, 3.63) is 33.8 Å². The maximum absolute atomic E-state index is 13.1. The van der Waals surface area contributed by atoms with E-state index in [1.807, 2.05) is 0 Å². The molecule has 1 unspecified atom stereocenters. The average molecular weight is 294 g/mol. The number of benzene rings is 1. The van der Waals surface area contributed by atoms with Crippen molar-refractivity contribution in [1.82, 2.24) is 0 Å². The minimum Gasteiger partial charge on any atom is -0.481 e. The molecule has 0 amide bonds. The lowest BCUT2D eigenvalue weighted by atomic mass is 10.0. The van der Waals surface area contributed by atoms with E-state index in [1.54, 1.807) is 0 Å². The molecule has 0 saturated carbocycles. The number of carboxylic acid groups (broad SMARTS) is 1. The number of aliphatic carboxylic acids is 1. The topological polar surface area (TPSA) is 63.3 Å². The molecule has 3 nitrogen and oxygen atoms in total. The molecule has 0 aliphatic rings. The predicted octanol–water partition coefficient (Wildman–Crippen LogP) is 2.59. The molecule has 0 saturated heterocycles. The summed E-state index contributed by atoms with van der Waals surface area (Å²) in [6.07, 6.45) is -0.0252. The first kappa shape index (κ1) is 13.1. The zero-order valence-electron chi connectivity index (χ0n) is 8.21. The third-order valence-corrected chi connectivity index (χ3v) is 2.93. The van der Waals surface area contributed by atoms with Gasteiger partial charge in [0.05, 0.1) is 4.47 Å². The molecule has 1 rings (SSSR count). The molecule has 0 aliphatic heterocycles. The number of carbonyl (C=O) groups is 1. The summed E-state index contributed by atoms with van der Waals surface area (Å²) in [6, 6.07) is 1.12. The number of hydrogen-bond donors (Lipinski definition) is 2. The van der Waals surface area contributed by atoms with E-state index in [2.05, 4.69) is 15.9 Å². The van der Waals surface area contributed by atoms with E-state index >= 15 is 0 Å². The molecule has 0 aliphatic carbocycles. The van der Waals surface area contributed by atoms with Crippen LogP contribution in [0.3, 0.4) is 0 Å². The van der Waals surface area contributed by atoms with Crippen molar-refractivity contribution in [1.29, 1.82) is 0 Å². The van der Waals surface area contributed by atoms with Crippen LogP contribution in [0.15, 0.2) is 16.6 Å². The first-order valence-electron chi connectivity index (χ1n) is 4.53. The minimum absolute atomic E-state index is 0.0757. The number of hydrogen-bond acceptors (Lipinski definition) is 2. The summed E-state index contributed by atoms with van der Waals surface area (Å²) in [5.41, 5.74) is 5.89. The first-order valence-corrected chi connectivity index (χ1v) is 5.33. The van der Waals surface area contributed by atoms with Crippen molar-refractivity contribution in [2.75, 3.05) is 0 Å². The highest BCUT2D eigenvalue weighted by Gasteiger charge is 2.16. The molecule has 16 heavy (non-hydrogen) atoms. The van der Waals surface area contributed by atoms with Gasteiger partial charge in [-0.15, -0.1) is 0 Å². The van der Waals surface area contributed by atoms with Gasteiger partial charge in [-0.25, -0.2) is 8.78 Å².